The molecule has 4 heteroatoms. The van der Waals surface area contributed by atoms with Crippen LogP contribution < -0.4 is 4.74 Å². The van der Waals surface area contributed by atoms with Crippen LogP contribution in [-0.4, -0.2) is 27.0 Å². The lowest BCUT2D eigenvalue weighted by Gasteiger charge is -2.69. The molecule has 0 saturated heterocycles. The number of fused-ring (bicyclic) bond motifs is 5. The Labute approximate surface area is 187 Å². The molecule has 3 aliphatic carbocycles. The second-order valence-corrected chi connectivity index (χ2v) is 12.5. The van der Waals surface area contributed by atoms with Gasteiger partial charge in [0.15, 0.2) is 11.5 Å². The lowest BCUT2D eigenvalue weighted by atomic mass is 9.37. The molecular weight excluding hydrogens is 388 g/mol. The summed E-state index contributed by atoms with van der Waals surface area (Å²) in [6, 6.07) is 1.63. The Morgan fingerprint density at radius 3 is 2.39 bits per heavy atom. The highest BCUT2D eigenvalue weighted by Crippen LogP contribution is 2.72. The molecule has 4 aliphatic rings. The van der Waals surface area contributed by atoms with Crippen LogP contribution in [0.5, 0.6) is 17.2 Å². The summed E-state index contributed by atoms with van der Waals surface area (Å²) in [6.45, 7) is 13.8. The van der Waals surface area contributed by atoms with Crippen molar-refractivity contribution in [2.45, 2.75) is 98.2 Å². The Morgan fingerprint density at radius 2 is 1.68 bits per heavy atom. The van der Waals surface area contributed by atoms with Gasteiger partial charge in [-0.2, -0.15) is 0 Å². The largest absolute Gasteiger partial charge is 0.504 e. The van der Waals surface area contributed by atoms with Gasteiger partial charge in [-0.15, -0.1) is 0 Å². The molecule has 1 aliphatic heterocycles. The molecule has 4 nitrogen and oxygen atoms in total. The van der Waals surface area contributed by atoms with Crippen LogP contribution in [0.15, 0.2) is 6.07 Å². The predicted octanol–water partition coefficient (Wildman–Crippen LogP) is 5.73. The van der Waals surface area contributed by atoms with Crippen molar-refractivity contribution >= 4 is 0 Å². The van der Waals surface area contributed by atoms with Crippen molar-refractivity contribution < 1.29 is 20.1 Å². The van der Waals surface area contributed by atoms with Crippen LogP contribution in [0.25, 0.3) is 0 Å². The molecule has 172 valence electrons. The number of aryl methyl sites for hydroxylation is 1. The lowest BCUT2D eigenvalue weighted by molar-refractivity contribution is -0.238. The second kappa shape index (κ2) is 6.34. The van der Waals surface area contributed by atoms with Crippen molar-refractivity contribution in [3.8, 4) is 17.2 Å². The number of ether oxygens (including phenoxy) is 1. The Bertz CT molecular complexity index is 922. The first-order chi connectivity index (χ1) is 14.4. The van der Waals surface area contributed by atoms with E-state index in [4.69, 9.17) is 4.74 Å². The van der Waals surface area contributed by atoms with Crippen LogP contribution in [0, 0.1) is 40.9 Å². The topological polar surface area (TPSA) is 69.9 Å². The summed E-state index contributed by atoms with van der Waals surface area (Å²) in [6.07, 6.45) is 6.91. The van der Waals surface area contributed by atoms with Crippen molar-refractivity contribution in [1.82, 2.24) is 0 Å². The molecule has 7 atom stereocenters. The number of aliphatic hydroxyl groups excluding tert-OH is 1. The molecule has 0 radical (unpaired) electrons. The van der Waals surface area contributed by atoms with E-state index in [-0.39, 0.29) is 39.4 Å². The van der Waals surface area contributed by atoms with Gasteiger partial charge < -0.3 is 20.1 Å². The fourth-order valence-electron chi connectivity index (χ4n) is 9.13. The minimum atomic E-state index is -0.359. The summed E-state index contributed by atoms with van der Waals surface area (Å²) in [5.41, 5.74) is 1.44. The first-order valence-electron chi connectivity index (χ1n) is 12.3. The quantitative estimate of drug-likeness (QED) is 0.462. The summed E-state index contributed by atoms with van der Waals surface area (Å²) in [7, 11) is 0. The average Bonchev–Trinajstić information content (AvgIpc) is 3.11. The standard InChI is InChI=1S/C27H40O4/c1-15-13-18(28)22(30)17-14-27(31-23(15)17)16(2)7-8-20-25(5)11-10-21(29)24(3,4)19(25)9-12-26(20,27)6/h13,16,19-21,28-30H,7-12,14H2,1-6H3/t16-,19-,20+,21+,25-,26+,27-/m0/s1. The number of benzene rings is 1. The van der Waals surface area contributed by atoms with Crippen molar-refractivity contribution in [3.05, 3.63) is 17.2 Å². The van der Waals surface area contributed by atoms with Crippen molar-refractivity contribution in [2.75, 3.05) is 0 Å². The van der Waals surface area contributed by atoms with Gasteiger partial charge in [0.05, 0.1) is 6.10 Å². The van der Waals surface area contributed by atoms with E-state index >= 15 is 0 Å². The zero-order valence-electron chi connectivity index (χ0n) is 20.1. The summed E-state index contributed by atoms with van der Waals surface area (Å²) in [5.74, 6) is 2.15. The van der Waals surface area contributed by atoms with Crippen LogP contribution >= 0.6 is 0 Å². The highest BCUT2D eigenvalue weighted by molar-refractivity contribution is 5.59. The van der Waals surface area contributed by atoms with Crippen LogP contribution in [0.4, 0.5) is 0 Å². The van der Waals surface area contributed by atoms with E-state index in [9.17, 15) is 15.3 Å². The van der Waals surface area contributed by atoms with Gasteiger partial charge in [-0.05, 0) is 85.7 Å². The molecule has 1 spiro atoms. The minimum absolute atomic E-state index is 0.00258. The molecule has 0 amide bonds. The summed E-state index contributed by atoms with van der Waals surface area (Å²) in [5, 5.41) is 31.8. The maximum atomic E-state index is 10.8. The maximum absolute atomic E-state index is 10.8. The van der Waals surface area contributed by atoms with E-state index in [1.54, 1.807) is 6.07 Å². The van der Waals surface area contributed by atoms with E-state index < -0.39 is 0 Å². The summed E-state index contributed by atoms with van der Waals surface area (Å²) >= 11 is 0. The Hall–Kier alpha value is -1.42. The van der Waals surface area contributed by atoms with Crippen LogP contribution in [0.1, 0.15) is 84.3 Å². The fourth-order valence-corrected chi connectivity index (χ4v) is 9.13. The number of phenolic OH excluding ortho intramolecular Hbond substituents is 2. The third-order valence-corrected chi connectivity index (χ3v) is 10.9. The van der Waals surface area contributed by atoms with E-state index in [1.807, 2.05) is 6.92 Å². The Balaban J connectivity index is 1.61. The summed E-state index contributed by atoms with van der Waals surface area (Å²) in [4.78, 5) is 0. The number of aliphatic hydroxyl groups is 1. The van der Waals surface area contributed by atoms with Crippen molar-refractivity contribution in [3.63, 3.8) is 0 Å². The monoisotopic (exact) mass is 428 g/mol. The van der Waals surface area contributed by atoms with Gasteiger partial charge >= 0.3 is 0 Å². The average molecular weight is 429 g/mol. The molecule has 3 N–H and O–H groups in total. The third-order valence-electron chi connectivity index (χ3n) is 10.9. The molecule has 3 fully saturated rings. The zero-order valence-corrected chi connectivity index (χ0v) is 20.1. The predicted molar refractivity (Wildman–Crippen MR) is 121 cm³/mol. The lowest BCUT2D eigenvalue weighted by Crippen LogP contribution is -2.68. The molecule has 0 bridgehead atoms. The molecule has 1 aromatic carbocycles. The van der Waals surface area contributed by atoms with Gasteiger partial charge in [-0.1, -0.05) is 34.6 Å². The molecule has 3 saturated carbocycles. The van der Waals surface area contributed by atoms with E-state index in [0.29, 0.717) is 24.2 Å². The smallest absolute Gasteiger partial charge is 0.164 e. The van der Waals surface area contributed by atoms with Crippen LogP contribution in [0.2, 0.25) is 0 Å². The van der Waals surface area contributed by atoms with E-state index in [0.717, 1.165) is 49.0 Å². The molecule has 5 rings (SSSR count). The summed E-state index contributed by atoms with van der Waals surface area (Å²) < 4.78 is 6.96. The minimum Gasteiger partial charge on any atom is -0.504 e. The van der Waals surface area contributed by atoms with Crippen molar-refractivity contribution in [2.24, 2.45) is 34.0 Å². The van der Waals surface area contributed by atoms with Gasteiger partial charge in [0.25, 0.3) is 0 Å². The molecule has 31 heavy (non-hydrogen) atoms. The highest BCUT2D eigenvalue weighted by Gasteiger charge is 2.70. The maximum Gasteiger partial charge on any atom is 0.164 e. The zero-order chi connectivity index (χ0) is 22.6. The SMILES string of the molecule is Cc1cc(O)c(O)c2c1O[C@@]1(C2)[C@@H](C)CC[C@@H]2[C@@]3(C)CC[C@@H](O)C(C)(C)[C@@H]3CC[C@]21C. The van der Waals surface area contributed by atoms with Crippen molar-refractivity contribution in [1.29, 1.82) is 0 Å². The molecule has 0 aromatic heterocycles. The van der Waals surface area contributed by atoms with Gasteiger partial charge in [-0.3, -0.25) is 0 Å². The Morgan fingerprint density at radius 1 is 0.968 bits per heavy atom. The van der Waals surface area contributed by atoms with Gasteiger partial charge in [0, 0.05) is 17.4 Å². The molecule has 1 aromatic rings. The first kappa shape index (κ1) is 21.4. The van der Waals surface area contributed by atoms with Crippen LogP contribution in [-0.2, 0) is 6.42 Å². The first-order valence-corrected chi connectivity index (χ1v) is 12.3. The number of phenols is 2. The van der Waals surface area contributed by atoms with Gasteiger partial charge in [0.2, 0.25) is 0 Å². The normalized spacial score (nSPS) is 45.5. The van der Waals surface area contributed by atoms with E-state index in [2.05, 4.69) is 34.6 Å². The number of hydrogen-bond acceptors (Lipinski definition) is 4. The number of hydrogen-bond donors (Lipinski definition) is 3. The molecule has 0 unspecified atom stereocenters. The highest BCUT2D eigenvalue weighted by atomic mass is 16.5. The molecule has 1 heterocycles. The molecular formula is C27H40O4. The van der Waals surface area contributed by atoms with Crippen LogP contribution in [0.3, 0.4) is 0 Å². The Kier molecular flexibility index (Phi) is 4.38. The number of aromatic hydroxyl groups is 2. The fraction of sp³-hybridized carbons (Fsp3) is 0.778. The van der Waals surface area contributed by atoms with Gasteiger partial charge in [0.1, 0.15) is 11.4 Å². The van der Waals surface area contributed by atoms with E-state index in [1.165, 1.54) is 6.42 Å². The van der Waals surface area contributed by atoms with Gasteiger partial charge in [-0.25, -0.2) is 0 Å². The third kappa shape index (κ3) is 2.46. The number of rotatable bonds is 0. The second-order valence-electron chi connectivity index (χ2n) is 12.5.